The molecule has 22 heavy (non-hydrogen) atoms. The normalized spacial score (nSPS) is 25.4. The number of allylic oxidation sites excluding steroid dienone is 2. The number of para-hydroxylation sites is 1. The third-order valence-electron chi connectivity index (χ3n) is 4.49. The van der Waals surface area contributed by atoms with Crippen molar-refractivity contribution in [3.05, 3.63) is 53.8 Å². The molecular formula is C19H25NO2. The lowest BCUT2D eigenvalue weighted by atomic mass is 9.66. The Morgan fingerprint density at radius 3 is 2.41 bits per heavy atom. The molecule has 1 fully saturated rings. The lowest BCUT2D eigenvalue weighted by molar-refractivity contribution is -0.136. The van der Waals surface area contributed by atoms with E-state index < -0.39 is 0 Å². The fourth-order valence-corrected chi connectivity index (χ4v) is 3.05. The van der Waals surface area contributed by atoms with E-state index in [0.29, 0.717) is 23.3 Å². The van der Waals surface area contributed by atoms with E-state index in [-0.39, 0.29) is 5.97 Å². The Balaban J connectivity index is 2.22. The molecule has 1 aliphatic carbocycles. The molecule has 0 bridgehead atoms. The van der Waals surface area contributed by atoms with E-state index in [4.69, 9.17) is 4.74 Å². The Hall–Kier alpha value is -2.03. The standard InChI is InChI=1S/C19H25NO2/c1-13-12-14(2)17(13)10-11-18(15(3)19(21)22-4)20-16-8-6-5-7-9-16/h5-11,13-14,17,20H,12H2,1-4H3/b11-10-,18-15-. The highest BCUT2D eigenvalue weighted by Gasteiger charge is 2.32. The molecule has 2 unspecified atom stereocenters. The van der Waals surface area contributed by atoms with Gasteiger partial charge in [-0.05, 0) is 49.3 Å². The molecule has 0 saturated heterocycles. The number of methoxy groups -OCH3 is 1. The molecule has 0 aromatic heterocycles. The van der Waals surface area contributed by atoms with E-state index in [2.05, 4.69) is 25.2 Å². The van der Waals surface area contributed by atoms with Gasteiger partial charge >= 0.3 is 5.97 Å². The number of benzene rings is 1. The van der Waals surface area contributed by atoms with Gasteiger partial charge in [0.25, 0.3) is 0 Å². The van der Waals surface area contributed by atoms with Crippen LogP contribution in [0.25, 0.3) is 0 Å². The molecular weight excluding hydrogens is 274 g/mol. The maximum atomic E-state index is 11.8. The second-order valence-electron chi connectivity index (χ2n) is 6.15. The molecule has 2 rings (SSSR count). The Morgan fingerprint density at radius 2 is 1.86 bits per heavy atom. The quantitative estimate of drug-likeness (QED) is 0.498. The second kappa shape index (κ2) is 7.30. The molecule has 0 spiro atoms. The zero-order valence-electron chi connectivity index (χ0n) is 13.8. The van der Waals surface area contributed by atoms with Gasteiger partial charge in [0.1, 0.15) is 0 Å². The SMILES string of the molecule is COC(=O)/C(C)=C(/C=C\C1C(C)CC1C)Nc1ccccc1. The van der Waals surface area contributed by atoms with Gasteiger partial charge in [0, 0.05) is 11.4 Å². The molecule has 1 N–H and O–H groups in total. The first-order valence-electron chi connectivity index (χ1n) is 7.82. The fraction of sp³-hybridized carbons (Fsp3) is 0.421. The minimum absolute atomic E-state index is 0.308. The van der Waals surface area contributed by atoms with Crippen LogP contribution in [0.3, 0.4) is 0 Å². The minimum atomic E-state index is -0.308. The van der Waals surface area contributed by atoms with Crippen LogP contribution in [0.5, 0.6) is 0 Å². The summed E-state index contributed by atoms with van der Waals surface area (Å²) in [7, 11) is 1.41. The summed E-state index contributed by atoms with van der Waals surface area (Å²) in [5.74, 6) is 1.70. The van der Waals surface area contributed by atoms with Crippen molar-refractivity contribution in [2.24, 2.45) is 17.8 Å². The smallest absolute Gasteiger partial charge is 0.335 e. The molecule has 0 radical (unpaired) electrons. The predicted octanol–water partition coefficient (Wildman–Crippen LogP) is 4.39. The Morgan fingerprint density at radius 1 is 1.23 bits per heavy atom. The Labute approximate surface area is 133 Å². The van der Waals surface area contributed by atoms with E-state index in [1.54, 1.807) is 6.92 Å². The van der Waals surface area contributed by atoms with Crippen LogP contribution < -0.4 is 5.32 Å². The van der Waals surface area contributed by atoms with Crippen molar-refractivity contribution in [1.29, 1.82) is 0 Å². The first-order valence-corrected chi connectivity index (χ1v) is 7.82. The van der Waals surface area contributed by atoms with Gasteiger partial charge in [-0.15, -0.1) is 0 Å². The summed E-state index contributed by atoms with van der Waals surface area (Å²) in [5.41, 5.74) is 2.34. The fourth-order valence-electron chi connectivity index (χ4n) is 3.05. The van der Waals surface area contributed by atoms with Crippen LogP contribution in [0, 0.1) is 17.8 Å². The average molecular weight is 299 g/mol. The number of ether oxygens (including phenoxy) is 1. The van der Waals surface area contributed by atoms with Crippen molar-refractivity contribution >= 4 is 11.7 Å². The van der Waals surface area contributed by atoms with Gasteiger partial charge in [-0.3, -0.25) is 0 Å². The number of esters is 1. The zero-order valence-corrected chi connectivity index (χ0v) is 13.8. The van der Waals surface area contributed by atoms with Crippen molar-refractivity contribution in [3.63, 3.8) is 0 Å². The highest BCUT2D eigenvalue weighted by molar-refractivity contribution is 5.90. The van der Waals surface area contributed by atoms with Crippen molar-refractivity contribution < 1.29 is 9.53 Å². The lowest BCUT2D eigenvalue weighted by Crippen LogP contribution is -2.31. The van der Waals surface area contributed by atoms with Gasteiger partial charge in [0.15, 0.2) is 0 Å². The molecule has 3 heteroatoms. The number of nitrogens with one attached hydrogen (secondary N) is 1. The van der Waals surface area contributed by atoms with E-state index >= 15 is 0 Å². The van der Waals surface area contributed by atoms with Crippen molar-refractivity contribution in [1.82, 2.24) is 0 Å². The van der Waals surface area contributed by atoms with Crippen LogP contribution >= 0.6 is 0 Å². The Bertz CT molecular complexity index is 566. The zero-order chi connectivity index (χ0) is 16.1. The van der Waals surface area contributed by atoms with Gasteiger partial charge in [0.2, 0.25) is 0 Å². The summed E-state index contributed by atoms with van der Waals surface area (Å²) in [6.45, 7) is 6.33. The first kappa shape index (κ1) is 16.3. The molecule has 1 aromatic carbocycles. The molecule has 0 aliphatic heterocycles. The van der Waals surface area contributed by atoms with E-state index in [1.807, 2.05) is 36.4 Å². The molecule has 1 aromatic rings. The summed E-state index contributed by atoms with van der Waals surface area (Å²) >= 11 is 0. The van der Waals surface area contributed by atoms with Gasteiger partial charge < -0.3 is 10.1 Å². The highest BCUT2D eigenvalue weighted by atomic mass is 16.5. The number of hydrogen-bond donors (Lipinski definition) is 1. The van der Waals surface area contributed by atoms with E-state index in [0.717, 1.165) is 11.4 Å². The molecule has 1 saturated carbocycles. The van der Waals surface area contributed by atoms with Crippen molar-refractivity contribution in [2.75, 3.05) is 12.4 Å². The summed E-state index contributed by atoms with van der Waals surface area (Å²) in [5, 5.41) is 3.32. The number of rotatable bonds is 5. The van der Waals surface area contributed by atoms with Crippen LogP contribution in [0.1, 0.15) is 27.2 Å². The summed E-state index contributed by atoms with van der Waals surface area (Å²) in [6, 6.07) is 9.86. The topological polar surface area (TPSA) is 38.3 Å². The summed E-state index contributed by atoms with van der Waals surface area (Å²) in [4.78, 5) is 11.8. The van der Waals surface area contributed by atoms with E-state index in [1.165, 1.54) is 13.5 Å². The lowest BCUT2D eigenvalue weighted by Gasteiger charge is -2.39. The first-order chi connectivity index (χ1) is 10.5. The average Bonchev–Trinajstić information content (AvgIpc) is 2.53. The maximum absolute atomic E-state index is 11.8. The van der Waals surface area contributed by atoms with Crippen LogP contribution in [0.2, 0.25) is 0 Å². The van der Waals surface area contributed by atoms with E-state index in [9.17, 15) is 4.79 Å². The third kappa shape index (κ3) is 3.79. The maximum Gasteiger partial charge on any atom is 0.335 e. The monoisotopic (exact) mass is 299 g/mol. The Kier molecular flexibility index (Phi) is 5.42. The number of anilines is 1. The second-order valence-corrected chi connectivity index (χ2v) is 6.15. The van der Waals surface area contributed by atoms with Crippen LogP contribution in [0.4, 0.5) is 5.69 Å². The third-order valence-corrected chi connectivity index (χ3v) is 4.49. The number of carbonyl (C=O) groups is 1. The van der Waals surface area contributed by atoms with Crippen LogP contribution in [-0.2, 0) is 9.53 Å². The molecule has 1 aliphatic rings. The number of carbonyl (C=O) groups excluding carboxylic acids is 1. The predicted molar refractivity (Wildman–Crippen MR) is 90.4 cm³/mol. The molecule has 0 heterocycles. The van der Waals surface area contributed by atoms with Gasteiger partial charge in [-0.1, -0.05) is 38.1 Å². The molecule has 118 valence electrons. The van der Waals surface area contributed by atoms with Crippen LogP contribution in [0.15, 0.2) is 53.8 Å². The molecule has 3 nitrogen and oxygen atoms in total. The molecule has 2 atom stereocenters. The minimum Gasteiger partial charge on any atom is -0.466 e. The van der Waals surface area contributed by atoms with Crippen LogP contribution in [-0.4, -0.2) is 13.1 Å². The molecule has 0 amide bonds. The van der Waals surface area contributed by atoms with Crippen molar-refractivity contribution in [2.45, 2.75) is 27.2 Å². The van der Waals surface area contributed by atoms with Gasteiger partial charge in [0.05, 0.1) is 12.7 Å². The summed E-state index contributed by atoms with van der Waals surface area (Å²) in [6.07, 6.45) is 5.52. The highest BCUT2D eigenvalue weighted by Crippen LogP contribution is 2.40. The van der Waals surface area contributed by atoms with Gasteiger partial charge in [-0.25, -0.2) is 4.79 Å². The van der Waals surface area contributed by atoms with Crippen molar-refractivity contribution in [3.8, 4) is 0 Å². The van der Waals surface area contributed by atoms with Gasteiger partial charge in [-0.2, -0.15) is 0 Å². The summed E-state index contributed by atoms with van der Waals surface area (Å²) < 4.78 is 4.85. The largest absolute Gasteiger partial charge is 0.466 e. The number of hydrogen-bond acceptors (Lipinski definition) is 3.